The summed E-state index contributed by atoms with van der Waals surface area (Å²) in [4.78, 5) is 11.4. The molecule has 0 bridgehead atoms. The van der Waals surface area contributed by atoms with E-state index >= 15 is 0 Å². The van der Waals surface area contributed by atoms with Crippen LogP contribution in [0.1, 0.15) is 12.8 Å². The molecule has 5 heteroatoms. The first-order chi connectivity index (χ1) is 6.63. The van der Waals surface area contributed by atoms with Gasteiger partial charge in [0.1, 0.15) is 6.10 Å². The summed E-state index contributed by atoms with van der Waals surface area (Å²) in [6.45, 7) is 4.22. The summed E-state index contributed by atoms with van der Waals surface area (Å²) < 4.78 is 5.39. The molecule has 0 spiro atoms. The number of hydrogen-bond acceptors (Lipinski definition) is 3. The molecule has 1 aliphatic rings. The van der Waals surface area contributed by atoms with E-state index in [0.29, 0.717) is 11.6 Å². The van der Waals surface area contributed by atoms with Gasteiger partial charge in [-0.3, -0.25) is 4.79 Å². The van der Waals surface area contributed by atoms with E-state index in [1.807, 2.05) is 0 Å². The molecule has 0 radical (unpaired) electrons. The van der Waals surface area contributed by atoms with Crippen molar-refractivity contribution in [3.8, 4) is 0 Å². The van der Waals surface area contributed by atoms with Gasteiger partial charge >= 0.3 is 0 Å². The molecule has 1 fully saturated rings. The Labute approximate surface area is 88.4 Å². The summed E-state index contributed by atoms with van der Waals surface area (Å²) in [6, 6.07) is 0. The first-order valence-electron chi connectivity index (χ1n) is 4.60. The third-order valence-electron chi connectivity index (χ3n) is 2.12. The van der Waals surface area contributed by atoms with Gasteiger partial charge in [-0.1, -0.05) is 18.2 Å². The number of hydrogen-bond donors (Lipinski definition) is 2. The van der Waals surface area contributed by atoms with Crippen molar-refractivity contribution in [3.05, 3.63) is 11.6 Å². The Hall–Kier alpha value is -0.580. The fourth-order valence-corrected chi connectivity index (χ4v) is 1.44. The quantitative estimate of drug-likeness (QED) is 0.716. The van der Waals surface area contributed by atoms with Gasteiger partial charge in [-0.25, -0.2) is 0 Å². The standard InChI is InChI=1S/C9H15ClN2O2/c1-6(10)5-12-9(13)8-3-2-7(4-11)14-8/h7-8H,1-5,11H2,(H,12,13)/t7-,8+/m1/s1. The van der Waals surface area contributed by atoms with Crippen LogP contribution in [0.5, 0.6) is 0 Å². The highest BCUT2D eigenvalue weighted by Crippen LogP contribution is 2.18. The molecule has 0 saturated carbocycles. The predicted molar refractivity (Wildman–Crippen MR) is 55.0 cm³/mol. The van der Waals surface area contributed by atoms with Crippen molar-refractivity contribution >= 4 is 17.5 Å². The number of rotatable bonds is 4. The minimum atomic E-state index is -0.375. The number of nitrogens with two attached hydrogens (primary N) is 1. The van der Waals surface area contributed by atoms with E-state index in [1.165, 1.54) is 0 Å². The lowest BCUT2D eigenvalue weighted by Crippen LogP contribution is -2.36. The van der Waals surface area contributed by atoms with Crippen LogP contribution in [-0.4, -0.2) is 31.2 Å². The van der Waals surface area contributed by atoms with Crippen LogP contribution in [-0.2, 0) is 9.53 Å². The molecule has 1 rings (SSSR count). The van der Waals surface area contributed by atoms with Crippen LogP contribution < -0.4 is 11.1 Å². The Morgan fingerprint density at radius 1 is 1.64 bits per heavy atom. The second-order valence-corrected chi connectivity index (χ2v) is 3.83. The molecule has 0 aromatic rings. The number of ether oxygens (including phenoxy) is 1. The average molecular weight is 219 g/mol. The van der Waals surface area contributed by atoms with Gasteiger partial charge in [0.05, 0.1) is 12.6 Å². The average Bonchev–Trinajstić information content (AvgIpc) is 2.62. The first-order valence-corrected chi connectivity index (χ1v) is 4.97. The van der Waals surface area contributed by atoms with Crippen LogP contribution in [0.2, 0.25) is 0 Å². The number of amides is 1. The molecule has 0 aliphatic carbocycles. The highest BCUT2D eigenvalue weighted by molar-refractivity contribution is 6.29. The van der Waals surface area contributed by atoms with Crippen molar-refractivity contribution in [2.45, 2.75) is 25.0 Å². The smallest absolute Gasteiger partial charge is 0.249 e. The van der Waals surface area contributed by atoms with Crippen molar-refractivity contribution in [3.63, 3.8) is 0 Å². The number of carbonyl (C=O) groups excluding carboxylic acids is 1. The second-order valence-electron chi connectivity index (χ2n) is 3.29. The second kappa shape index (κ2) is 5.34. The normalized spacial score (nSPS) is 26.1. The monoisotopic (exact) mass is 218 g/mol. The number of carbonyl (C=O) groups is 1. The fourth-order valence-electron chi connectivity index (χ4n) is 1.37. The summed E-state index contributed by atoms with van der Waals surface area (Å²) in [5.74, 6) is -0.136. The van der Waals surface area contributed by atoms with E-state index in [-0.39, 0.29) is 24.7 Å². The predicted octanol–water partition coefficient (Wildman–Crippen LogP) is 0.361. The maximum absolute atomic E-state index is 11.4. The van der Waals surface area contributed by atoms with Crippen LogP contribution in [0.25, 0.3) is 0 Å². The van der Waals surface area contributed by atoms with Gasteiger partial charge in [0.15, 0.2) is 0 Å². The van der Waals surface area contributed by atoms with E-state index in [0.717, 1.165) is 12.8 Å². The Morgan fingerprint density at radius 2 is 2.36 bits per heavy atom. The van der Waals surface area contributed by atoms with Crippen molar-refractivity contribution in [1.82, 2.24) is 5.32 Å². The molecule has 80 valence electrons. The molecule has 4 nitrogen and oxygen atoms in total. The van der Waals surface area contributed by atoms with Crippen LogP contribution in [0.15, 0.2) is 11.6 Å². The molecule has 14 heavy (non-hydrogen) atoms. The summed E-state index contributed by atoms with van der Waals surface area (Å²) in [5, 5.41) is 3.04. The highest BCUT2D eigenvalue weighted by atomic mass is 35.5. The van der Waals surface area contributed by atoms with Crippen LogP contribution in [0.4, 0.5) is 0 Å². The molecule has 2 atom stereocenters. The first kappa shape index (κ1) is 11.5. The molecule has 1 aliphatic heterocycles. The highest BCUT2D eigenvalue weighted by Gasteiger charge is 2.29. The Morgan fingerprint density at radius 3 is 2.86 bits per heavy atom. The fraction of sp³-hybridized carbons (Fsp3) is 0.667. The molecular formula is C9H15ClN2O2. The molecular weight excluding hydrogens is 204 g/mol. The SMILES string of the molecule is C=C(Cl)CNC(=O)[C@@H]1CC[C@H](CN)O1. The summed E-state index contributed by atoms with van der Waals surface area (Å²) in [7, 11) is 0. The number of nitrogens with one attached hydrogen (secondary N) is 1. The van der Waals surface area contributed by atoms with Crippen molar-refractivity contribution in [2.24, 2.45) is 5.73 Å². The van der Waals surface area contributed by atoms with Gasteiger partial charge in [-0.2, -0.15) is 0 Å². The van der Waals surface area contributed by atoms with Crippen LogP contribution in [0.3, 0.4) is 0 Å². The molecule has 3 N–H and O–H groups in total. The number of halogens is 1. The zero-order valence-electron chi connectivity index (χ0n) is 7.96. The van der Waals surface area contributed by atoms with Crippen molar-refractivity contribution in [1.29, 1.82) is 0 Å². The third kappa shape index (κ3) is 3.29. The largest absolute Gasteiger partial charge is 0.364 e. The maximum Gasteiger partial charge on any atom is 0.249 e. The molecule has 0 unspecified atom stereocenters. The van der Waals surface area contributed by atoms with E-state index in [9.17, 15) is 4.79 Å². The maximum atomic E-state index is 11.4. The Bertz CT molecular complexity index is 233. The van der Waals surface area contributed by atoms with Gasteiger partial charge < -0.3 is 15.8 Å². The summed E-state index contributed by atoms with van der Waals surface area (Å²) in [6.07, 6.45) is 1.21. The minimum Gasteiger partial charge on any atom is -0.364 e. The molecule has 0 aromatic carbocycles. The minimum absolute atomic E-state index is 0.0185. The van der Waals surface area contributed by atoms with E-state index in [1.54, 1.807) is 0 Å². The van der Waals surface area contributed by atoms with Gasteiger partial charge in [0.25, 0.3) is 0 Å². The molecule has 1 amide bonds. The molecule has 0 aromatic heterocycles. The Balaban J connectivity index is 2.28. The van der Waals surface area contributed by atoms with Crippen molar-refractivity contribution < 1.29 is 9.53 Å². The Kier molecular flexibility index (Phi) is 4.38. The van der Waals surface area contributed by atoms with Crippen LogP contribution in [0, 0.1) is 0 Å². The zero-order chi connectivity index (χ0) is 10.6. The van der Waals surface area contributed by atoms with Crippen LogP contribution >= 0.6 is 11.6 Å². The lowest BCUT2D eigenvalue weighted by atomic mass is 10.2. The van der Waals surface area contributed by atoms with E-state index < -0.39 is 0 Å². The lowest BCUT2D eigenvalue weighted by molar-refractivity contribution is -0.131. The van der Waals surface area contributed by atoms with Gasteiger partial charge in [-0.05, 0) is 12.8 Å². The third-order valence-corrected chi connectivity index (χ3v) is 2.25. The van der Waals surface area contributed by atoms with Crippen molar-refractivity contribution in [2.75, 3.05) is 13.1 Å². The van der Waals surface area contributed by atoms with Gasteiger partial charge in [0.2, 0.25) is 5.91 Å². The molecule has 1 saturated heterocycles. The van der Waals surface area contributed by atoms with Gasteiger partial charge in [0, 0.05) is 11.6 Å². The lowest BCUT2D eigenvalue weighted by Gasteiger charge is -2.11. The van der Waals surface area contributed by atoms with E-state index in [2.05, 4.69) is 11.9 Å². The van der Waals surface area contributed by atoms with Gasteiger partial charge in [-0.15, -0.1) is 0 Å². The summed E-state index contributed by atoms with van der Waals surface area (Å²) in [5.41, 5.74) is 5.43. The molecule has 1 heterocycles. The topological polar surface area (TPSA) is 64.4 Å². The zero-order valence-corrected chi connectivity index (χ0v) is 8.72. The summed E-state index contributed by atoms with van der Waals surface area (Å²) >= 11 is 5.51. The van der Waals surface area contributed by atoms with E-state index in [4.69, 9.17) is 22.1 Å².